The molecule has 0 saturated heterocycles. The van der Waals surface area contributed by atoms with Gasteiger partial charge in [0.25, 0.3) is 0 Å². The van der Waals surface area contributed by atoms with Crippen molar-refractivity contribution in [2.45, 2.75) is 127 Å². The highest BCUT2D eigenvalue weighted by atomic mass is 16.4. The minimum atomic E-state index is -0.718. The van der Waals surface area contributed by atoms with Crippen molar-refractivity contribution in [3.63, 3.8) is 0 Å². The number of rotatable bonds is 15. The first kappa shape index (κ1) is 36.5. The largest absolute Gasteiger partial charge is 0.481 e. The molecule has 0 spiro atoms. The van der Waals surface area contributed by atoms with Crippen LogP contribution in [0.25, 0.3) is 0 Å². The molecule has 0 radical (unpaired) electrons. The van der Waals surface area contributed by atoms with Crippen LogP contribution in [-0.2, 0) is 14.4 Å². The van der Waals surface area contributed by atoms with Gasteiger partial charge in [-0.15, -0.1) is 0 Å². The van der Waals surface area contributed by atoms with Crippen molar-refractivity contribution in [2.75, 3.05) is 0 Å². The van der Waals surface area contributed by atoms with E-state index in [0.717, 1.165) is 37.7 Å². The van der Waals surface area contributed by atoms with E-state index in [4.69, 9.17) is 5.11 Å². The lowest BCUT2D eigenvalue weighted by molar-refractivity contribution is -0.137. The summed E-state index contributed by atoms with van der Waals surface area (Å²) in [7, 11) is 0. The number of carboxylic acids is 1. The summed E-state index contributed by atoms with van der Waals surface area (Å²) in [6, 6.07) is 0. The molecule has 0 saturated carbocycles. The average molecular weight is 541 g/mol. The monoisotopic (exact) mass is 540 g/mol. The van der Waals surface area contributed by atoms with Gasteiger partial charge in [0.1, 0.15) is 5.78 Å². The number of Topliss-reactive ketones (excluding diaryl/α,β-unsaturated/α-hetero) is 1. The number of hydrogen-bond donors (Lipinski definition) is 1. The maximum atomic E-state index is 11.7. The predicted octanol–water partition coefficient (Wildman–Crippen LogP) is 9.77. The summed E-state index contributed by atoms with van der Waals surface area (Å²) in [6.45, 7) is 18.7. The van der Waals surface area contributed by atoms with E-state index < -0.39 is 5.97 Å². The first-order chi connectivity index (χ1) is 18.2. The Morgan fingerprint density at radius 1 is 0.872 bits per heavy atom. The third-order valence-electron chi connectivity index (χ3n) is 7.17. The number of hydrogen-bond acceptors (Lipinski definition) is 3. The van der Waals surface area contributed by atoms with Crippen LogP contribution in [0.4, 0.5) is 0 Å². The van der Waals surface area contributed by atoms with Crippen LogP contribution in [0.5, 0.6) is 0 Å². The van der Waals surface area contributed by atoms with Crippen molar-refractivity contribution < 1.29 is 19.5 Å². The summed E-state index contributed by atoms with van der Waals surface area (Å²) < 4.78 is 0. The van der Waals surface area contributed by atoms with E-state index in [2.05, 4.69) is 45.9 Å². The van der Waals surface area contributed by atoms with Crippen LogP contribution < -0.4 is 0 Å². The van der Waals surface area contributed by atoms with Gasteiger partial charge in [0.2, 0.25) is 0 Å². The van der Waals surface area contributed by atoms with Crippen molar-refractivity contribution >= 4 is 17.5 Å². The van der Waals surface area contributed by atoms with Gasteiger partial charge >= 0.3 is 5.97 Å². The molecule has 0 aromatic carbocycles. The first-order valence-electron chi connectivity index (χ1n) is 14.9. The Morgan fingerprint density at radius 3 is 2.00 bits per heavy atom. The molecule has 0 fully saturated rings. The highest BCUT2D eigenvalue weighted by Gasteiger charge is 2.26. The summed E-state index contributed by atoms with van der Waals surface area (Å²) >= 11 is 0. The van der Waals surface area contributed by atoms with Crippen LogP contribution in [0.1, 0.15) is 127 Å². The number of carbonyl (C=O) groups is 3. The van der Waals surface area contributed by atoms with Crippen LogP contribution >= 0.6 is 0 Å². The number of carbonyl (C=O) groups excluding carboxylic acids is 2. The zero-order valence-electron chi connectivity index (χ0n) is 26.4. The Labute approximate surface area is 239 Å². The molecule has 1 N–H and O–H groups in total. The van der Waals surface area contributed by atoms with Crippen molar-refractivity contribution in [1.29, 1.82) is 0 Å². The summed E-state index contributed by atoms with van der Waals surface area (Å²) in [5, 5.41) is 8.41. The van der Waals surface area contributed by atoms with Crippen LogP contribution in [0.3, 0.4) is 0 Å². The zero-order chi connectivity index (χ0) is 30.0. The smallest absolute Gasteiger partial charge is 0.303 e. The molecule has 39 heavy (non-hydrogen) atoms. The number of allylic oxidation sites excluding steroid dienone is 10. The van der Waals surface area contributed by atoms with Gasteiger partial charge in [0.05, 0.1) is 0 Å². The molecule has 4 heteroatoms. The van der Waals surface area contributed by atoms with Crippen molar-refractivity contribution in [3.05, 3.63) is 58.7 Å². The fourth-order valence-corrected chi connectivity index (χ4v) is 4.47. The Morgan fingerprint density at radius 2 is 1.46 bits per heavy atom. The highest BCUT2D eigenvalue weighted by molar-refractivity contribution is 5.92. The molecule has 0 atom stereocenters. The Hall–Kier alpha value is -2.49. The number of aliphatic carboxylic acids is 1. The molecule has 0 aromatic heterocycles. The summed E-state index contributed by atoms with van der Waals surface area (Å²) in [5.74, 6) is 0.00569. The van der Waals surface area contributed by atoms with Crippen LogP contribution in [0.15, 0.2) is 58.7 Å². The van der Waals surface area contributed by atoms with Crippen LogP contribution in [0, 0.1) is 17.3 Å². The second kappa shape index (κ2) is 19.6. The lowest BCUT2D eigenvalue weighted by Gasteiger charge is -2.32. The van der Waals surface area contributed by atoms with Gasteiger partial charge in [-0.3, -0.25) is 14.4 Å². The fraction of sp³-hybridized carbons (Fsp3) is 0.629. The third kappa shape index (κ3) is 17.7. The molecule has 0 aliphatic heterocycles. The lowest BCUT2D eigenvalue weighted by Crippen LogP contribution is -2.19. The second-order valence-corrected chi connectivity index (χ2v) is 12.3. The Balaban J connectivity index is 0.000000830. The standard InChI is InChI=1S/C23H34O.C12H22O3/c1-17(2)22(24)16-19(4)11-8-10-18(3)13-14-21-20(5)12-9-15-23(21,6)7;1-10(2)11(13)8-6-4-3-5-7-9-12(14)15/h8,10-11,13-14,16-17H,9,12,15H2,1-7H3;10H,3-9H2,1-2H3,(H,14,15)/b11-8+,14-13+,18-10+,19-16+;. The molecular formula is C35H56O4. The maximum Gasteiger partial charge on any atom is 0.303 e. The van der Waals surface area contributed by atoms with Gasteiger partial charge in [-0.2, -0.15) is 0 Å². The quantitative estimate of drug-likeness (QED) is 0.127. The van der Waals surface area contributed by atoms with E-state index in [1.54, 1.807) is 6.08 Å². The molecule has 0 amide bonds. The molecular weight excluding hydrogens is 484 g/mol. The van der Waals surface area contributed by atoms with Crippen molar-refractivity contribution in [2.24, 2.45) is 17.3 Å². The molecule has 0 bridgehead atoms. The minimum Gasteiger partial charge on any atom is -0.481 e. The van der Waals surface area contributed by atoms with Gasteiger partial charge in [0, 0.05) is 24.7 Å². The molecule has 1 rings (SSSR count). The molecule has 4 nitrogen and oxygen atoms in total. The Bertz CT molecular complexity index is 936. The Kier molecular flexibility index (Phi) is 18.3. The lowest BCUT2D eigenvalue weighted by atomic mass is 9.72. The van der Waals surface area contributed by atoms with Crippen LogP contribution in [-0.4, -0.2) is 22.6 Å². The van der Waals surface area contributed by atoms with E-state index >= 15 is 0 Å². The summed E-state index contributed by atoms with van der Waals surface area (Å²) in [4.78, 5) is 33.1. The van der Waals surface area contributed by atoms with E-state index in [1.165, 1.54) is 36.0 Å². The van der Waals surface area contributed by atoms with Crippen LogP contribution in [0.2, 0.25) is 0 Å². The molecule has 1 aliphatic rings. The average Bonchev–Trinajstić information content (AvgIpc) is 2.82. The van der Waals surface area contributed by atoms with Gasteiger partial charge in [0.15, 0.2) is 5.78 Å². The number of carboxylic acid groups (broad SMARTS) is 1. The molecule has 0 unspecified atom stereocenters. The predicted molar refractivity (Wildman–Crippen MR) is 166 cm³/mol. The van der Waals surface area contributed by atoms with Gasteiger partial charge < -0.3 is 5.11 Å². The highest BCUT2D eigenvalue weighted by Crippen LogP contribution is 2.40. The molecule has 220 valence electrons. The van der Waals surface area contributed by atoms with Crippen molar-refractivity contribution in [3.8, 4) is 0 Å². The van der Waals surface area contributed by atoms with Crippen molar-refractivity contribution in [1.82, 2.24) is 0 Å². The van der Waals surface area contributed by atoms with Gasteiger partial charge in [-0.05, 0) is 75.5 Å². The van der Waals surface area contributed by atoms with E-state index in [9.17, 15) is 14.4 Å². The van der Waals surface area contributed by atoms with E-state index in [-0.39, 0.29) is 29.5 Å². The SMILES string of the molecule is CC(C)C(=O)CCCCCCCC(=O)O.CC1=C(/C=C/C(C)=C/C=C/C(C)=C/C(=O)C(C)C)C(C)(C)CCC1. The number of ketones is 2. The first-order valence-corrected chi connectivity index (χ1v) is 14.9. The molecule has 0 heterocycles. The number of unbranched alkanes of at least 4 members (excludes halogenated alkanes) is 4. The third-order valence-corrected chi connectivity index (χ3v) is 7.17. The van der Waals surface area contributed by atoms with E-state index in [1.807, 2.05) is 46.8 Å². The second-order valence-electron chi connectivity index (χ2n) is 12.3. The minimum absolute atomic E-state index is 0.0592. The molecule has 0 aromatic rings. The maximum absolute atomic E-state index is 11.7. The topological polar surface area (TPSA) is 71.4 Å². The summed E-state index contributed by atoms with van der Waals surface area (Å²) in [6.07, 6.45) is 21.8. The summed E-state index contributed by atoms with van der Waals surface area (Å²) in [5.41, 5.74) is 5.51. The zero-order valence-corrected chi connectivity index (χ0v) is 26.4. The van der Waals surface area contributed by atoms with Gasteiger partial charge in [-0.25, -0.2) is 0 Å². The fourth-order valence-electron chi connectivity index (χ4n) is 4.47. The van der Waals surface area contributed by atoms with E-state index in [0.29, 0.717) is 12.2 Å². The molecule has 1 aliphatic carbocycles. The van der Waals surface area contributed by atoms with Gasteiger partial charge in [-0.1, -0.05) is 102 Å². The normalized spacial score (nSPS) is 16.3.